The fraction of sp³-hybridized carbons (Fsp3) is 0.0741. The summed E-state index contributed by atoms with van der Waals surface area (Å²) in [4.78, 5) is 0. The van der Waals surface area contributed by atoms with E-state index in [2.05, 4.69) is 23.6 Å². The molecule has 0 unspecified atom stereocenters. The van der Waals surface area contributed by atoms with Gasteiger partial charge in [-0.3, -0.25) is 0 Å². The minimum atomic E-state index is -1.43. The average molecular weight is 551 g/mol. The maximum Gasteiger partial charge on any atom is 0.224 e. The van der Waals surface area contributed by atoms with Crippen molar-refractivity contribution in [1.82, 2.24) is 4.40 Å². The van der Waals surface area contributed by atoms with Crippen LogP contribution in [0.2, 0.25) is 0 Å². The van der Waals surface area contributed by atoms with E-state index in [0.717, 1.165) is 49.0 Å². The van der Waals surface area contributed by atoms with Crippen LogP contribution in [0.4, 0.5) is 13.2 Å². The van der Waals surface area contributed by atoms with Crippen molar-refractivity contribution in [3.63, 3.8) is 0 Å². The Morgan fingerprint density at radius 1 is 0.788 bits per heavy atom. The predicted molar refractivity (Wildman–Crippen MR) is 135 cm³/mol. The van der Waals surface area contributed by atoms with Crippen molar-refractivity contribution in [2.45, 2.75) is 6.92 Å². The van der Waals surface area contributed by atoms with E-state index < -0.39 is 17.5 Å². The van der Waals surface area contributed by atoms with Crippen LogP contribution in [0.3, 0.4) is 0 Å². The molecule has 0 saturated carbocycles. The molecule has 0 radical (unpaired) electrons. The molecule has 4 aromatic carbocycles. The van der Waals surface area contributed by atoms with Crippen molar-refractivity contribution in [1.29, 1.82) is 0 Å². The lowest BCUT2D eigenvalue weighted by Crippen LogP contribution is -2.28. The van der Waals surface area contributed by atoms with E-state index in [4.69, 9.17) is 0 Å². The highest BCUT2D eigenvalue weighted by molar-refractivity contribution is 14.1. The van der Waals surface area contributed by atoms with Gasteiger partial charge < -0.3 is 4.40 Å². The highest BCUT2D eigenvalue weighted by Gasteiger charge is 2.29. The smallest absolute Gasteiger partial charge is 0.224 e. The topological polar surface area (TPSA) is 8.29 Å². The van der Waals surface area contributed by atoms with Crippen LogP contribution >= 0.6 is 22.6 Å². The van der Waals surface area contributed by atoms with E-state index in [1.165, 1.54) is 0 Å². The number of aromatic nitrogens is 2. The Balaban J connectivity index is 1.99. The first-order chi connectivity index (χ1) is 15.9. The first-order valence-corrected chi connectivity index (χ1v) is 11.6. The Hall–Kier alpha value is -3.13. The van der Waals surface area contributed by atoms with Gasteiger partial charge in [-0.05, 0) is 57.3 Å². The molecule has 0 fully saturated rings. The molecule has 0 spiro atoms. The van der Waals surface area contributed by atoms with Gasteiger partial charge in [0, 0.05) is 16.8 Å². The quantitative estimate of drug-likeness (QED) is 0.0467. The van der Waals surface area contributed by atoms with Crippen LogP contribution in [-0.2, 0) is 7.05 Å². The van der Waals surface area contributed by atoms with Gasteiger partial charge in [0.25, 0.3) is 0 Å². The summed E-state index contributed by atoms with van der Waals surface area (Å²) in [5.74, 6) is -3.73. The second kappa shape index (κ2) is 6.26. The summed E-state index contributed by atoms with van der Waals surface area (Å²) < 4.78 is 48.8. The Kier molecular flexibility index (Phi) is 3.67. The van der Waals surface area contributed by atoms with E-state index in [1.807, 2.05) is 54.0 Å². The SMILES string of the molecule is Cc1c2ccccc2cc2c1c1c3c(ccc4c5c(F)c(F)c(F)c(I)c5n2c43)cc[n+]1C. The van der Waals surface area contributed by atoms with Gasteiger partial charge in [0.15, 0.2) is 23.6 Å². The van der Waals surface area contributed by atoms with Crippen LogP contribution in [0.15, 0.2) is 54.7 Å². The standard InChI is InChI=1S/C27H15F3IN2/c1-12-15-6-4-3-5-14(15)11-17-18(12)26-19-13(9-10-32(26)2)7-8-16-20-21(28)22(29)23(30)24(31)27(20)33(17)25(16)19/h3-11H,1-2H3/q+1. The summed E-state index contributed by atoms with van der Waals surface area (Å²) in [6.45, 7) is 2.09. The van der Waals surface area contributed by atoms with Crippen molar-refractivity contribution in [3.8, 4) is 0 Å². The van der Waals surface area contributed by atoms with Gasteiger partial charge in [0.05, 0.1) is 30.9 Å². The fourth-order valence-electron chi connectivity index (χ4n) is 5.59. The molecule has 33 heavy (non-hydrogen) atoms. The summed E-state index contributed by atoms with van der Waals surface area (Å²) in [5.41, 5.74) is 4.09. The molecule has 7 rings (SSSR count). The van der Waals surface area contributed by atoms with E-state index >= 15 is 4.39 Å². The predicted octanol–water partition coefficient (Wildman–Crippen LogP) is 7.30. The third-order valence-corrected chi connectivity index (χ3v) is 7.99. The molecule has 2 nitrogen and oxygen atoms in total. The average Bonchev–Trinajstić information content (AvgIpc) is 3.18. The van der Waals surface area contributed by atoms with Crippen molar-refractivity contribution in [2.75, 3.05) is 0 Å². The Morgan fingerprint density at radius 3 is 2.39 bits per heavy atom. The summed E-state index contributed by atoms with van der Waals surface area (Å²) in [6.07, 6.45) is 2.02. The summed E-state index contributed by atoms with van der Waals surface area (Å²) in [7, 11) is 1.99. The maximum atomic E-state index is 15.3. The van der Waals surface area contributed by atoms with Crippen LogP contribution in [0.1, 0.15) is 5.56 Å². The van der Waals surface area contributed by atoms with E-state index in [9.17, 15) is 8.78 Å². The Morgan fingerprint density at radius 2 is 1.58 bits per heavy atom. The first-order valence-electron chi connectivity index (χ1n) is 10.5. The molecule has 0 aliphatic rings. The largest absolute Gasteiger partial charge is 0.306 e. The number of hydrogen-bond acceptors (Lipinski definition) is 0. The molecule has 0 atom stereocenters. The van der Waals surface area contributed by atoms with Gasteiger partial charge in [-0.2, -0.15) is 0 Å². The molecule has 3 heterocycles. The van der Waals surface area contributed by atoms with Gasteiger partial charge in [-0.25, -0.2) is 17.7 Å². The maximum absolute atomic E-state index is 15.3. The zero-order chi connectivity index (χ0) is 22.8. The molecule has 160 valence electrons. The van der Waals surface area contributed by atoms with E-state index in [0.29, 0.717) is 10.9 Å². The van der Waals surface area contributed by atoms with Crippen LogP contribution in [-0.4, -0.2) is 4.40 Å². The van der Waals surface area contributed by atoms with Crippen molar-refractivity contribution >= 4 is 82.4 Å². The minimum Gasteiger partial charge on any atom is -0.306 e. The molecule has 0 aliphatic heterocycles. The third-order valence-electron chi connectivity index (χ3n) is 7.00. The molecular formula is C27H15F3IN2+. The molecule has 0 aliphatic carbocycles. The number of rotatable bonds is 0. The number of hydrogen-bond donors (Lipinski definition) is 0. The van der Waals surface area contributed by atoms with Crippen LogP contribution in [0.5, 0.6) is 0 Å². The molecule has 6 heteroatoms. The summed E-state index contributed by atoms with van der Waals surface area (Å²) in [6, 6.07) is 16.0. The Bertz CT molecular complexity index is 1990. The first kappa shape index (κ1) is 19.3. The number of nitrogens with zero attached hydrogens (tertiary/aromatic N) is 2. The fourth-order valence-corrected chi connectivity index (χ4v) is 6.33. The molecule has 3 aromatic heterocycles. The van der Waals surface area contributed by atoms with Crippen molar-refractivity contribution in [2.24, 2.45) is 7.05 Å². The van der Waals surface area contributed by atoms with E-state index in [-0.39, 0.29) is 8.96 Å². The van der Waals surface area contributed by atoms with Gasteiger partial charge in [-0.15, -0.1) is 0 Å². The Labute approximate surface area is 199 Å². The lowest BCUT2D eigenvalue weighted by atomic mass is 9.96. The summed E-state index contributed by atoms with van der Waals surface area (Å²) >= 11 is 1.80. The monoisotopic (exact) mass is 551 g/mol. The molecule has 0 bridgehead atoms. The number of benzene rings is 4. The number of pyridine rings is 2. The highest BCUT2D eigenvalue weighted by Crippen LogP contribution is 2.44. The lowest BCUT2D eigenvalue weighted by Gasteiger charge is -2.15. The van der Waals surface area contributed by atoms with Crippen LogP contribution in [0.25, 0.3) is 59.8 Å². The highest BCUT2D eigenvalue weighted by atomic mass is 127. The molecule has 0 N–H and O–H groups in total. The molecule has 0 saturated heterocycles. The van der Waals surface area contributed by atoms with Gasteiger partial charge >= 0.3 is 0 Å². The van der Waals surface area contributed by atoms with Crippen molar-refractivity contribution < 1.29 is 17.7 Å². The molecular weight excluding hydrogens is 536 g/mol. The van der Waals surface area contributed by atoms with E-state index in [1.54, 1.807) is 22.6 Å². The van der Waals surface area contributed by atoms with Gasteiger partial charge in [-0.1, -0.05) is 36.4 Å². The molecule has 7 aromatic rings. The molecule has 0 amide bonds. The minimum absolute atomic E-state index is 0.0753. The van der Waals surface area contributed by atoms with Gasteiger partial charge in [0.2, 0.25) is 5.52 Å². The van der Waals surface area contributed by atoms with Crippen LogP contribution in [0, 0.1) is 27.9 Å². The normalized spacial score (nSPS) is 12.5. The van der Waals surface area contributed by atoms with Crippen LogP contribution < -0.4 is 4.57 Å². The zero-order valence-electron chi connectivity index (χ0n) is 17.6. The number of aryl methyl sites for hydroxylation is 2. The second-order valence-corrected chi connectivity index (χ2v) is 9.71. The number of halogens is 4. The zero-order valence-corrected chi connectivity index (χ0v) is 19.8. The second-order valence-electron chi connectivity index (χ2n) is 8.63. The third kappa shape index (κ3) is 2.18. The van der Waals surface area contributed by atoms with Gasteiger partial charge in [0.1, 0.15) is 7.05 Å². The lowest BCUT2D eigenvalue weighted by molar-refractivity contribution is -0.643. The van der Waals surface area contributed by atoms with Crippen molar-refractivity contribution in [3.05, 3.63) is 81.3 Å². The summed E-state index contributed by atoms with van der Waals surface area (Å²) in [5, 5.41) is 5.82. The number of fused-ring (bicyclic) bond motifs is 7.